The number of hydrogen-bond acceptors (Lipinski definition) is 4. The van der Waals surface area contributed by atoms with Gasteiger partial charge in [-0.25, -0.2) is 13.4 Å². The maximum atomic E-state index is 12.4. The standard InChI is InChI=1S/C26H22Cl2N4O2S/c27-22-10-6-20(7-11-22)24-14-19(15-30-25(24)21-8-12-23(28)13-9-21)16-31-26(29)32-35(33,34)17-18-4-2-1-3-5-18/h1-15H,16-17H2,(H3,29,31,32). The van der Waals surface area contributed by atoms with E-state index in [-0.39, 0.29) is 18.3 Å². The molecule has 0 amide bonds. The van der Waals surface area contributed by atoms with E-state index in [0.29, 0.717) is 15.6 Å². The number of rotatable bonds is 7. The molecule has 178 valence electrons. The van der Waals surface area contributed by atoms with Crippen LogP contribution in [0.1, 0.15) is 11.1 Å². The molecule has 0 fully saturated rings. The fourth-order valence-corrected chi connectivity index (χ4v) is 4.82. The van der Waals surface area contributed by atoms with Crippen LogP contribution in [0, 0.1) is 0 Å². The Hall–Kier alpha value is -3.39. The van der Waals surface area contributed by atoms with Gasteiger partial charge in [0.1, 0.15) is 0 Å². The summed E-state index contributed by atoms with van der Waals surface area (Å²) in [6.07, 6.45) is 1.69. The zero-order valence-electron chi connectivity index (χ0n) is 18.5. The van der Waals surface area contributed by atoms with Crippen molar-refractivity contribution in [2.75, 3.05) is 0 Å². The van der Waals surface area contributed by atoms with Crippen molar-refractivity contribution in [1.29, 1.82) is 0 Å². The van der Waals surface area contributed by atoms with E-state index >= 15 is 0 Å². The van der Waals surface area contributed by atoms with Gasteiger partial charge in [0.2, 0.25) is 16.0 Å². The van der Waals surface area contributed by atoms with Gasteiger partial charge in [-0.15, -0.1) is 0 Å². The lowest BCUT2D eigenvalue weighted by molar-refractivity contribution is 0.591. The van der Waals surface area contributed by atoms with Gasteiger partial charge in [0, 0.05) is 27.4 Å². The van der Waals surface area contributed by atoms with Crippen molar-refractivity contribution < 1.29 is 8.42 Å². The Kier molecular flexibility index (Phi) is 7.70. The third-order valence-electron chi connectivity index (χ3n) is 5.11. The molecular formula is C26H22Cl2N4O2S. The summed E-state index contributed by atoms with van der Waals surface area (Å²) in [5.74, 6) is -0.377. The molecule has 0 aliphatic heterocycles. The van der Waals surface area contributed by atoms with Crippen molar-refractivity contribution in [3.8, 4) is 22.4 Å². The van der Waals surface area contributed by atoms with Gasteiger partial charge in [-0.05, 0) is 47.0 Å². The number of halogens is 2. The molecule has 35 heavy (non-hydrogen) atoms. The predicted molar refractivity (Wildman–Crippen MR) is 143 cm³/mol. The van der Waals surface area contributed by atoms with Crippen LogP contribution in [0.25, 0.3) is 22.4 Å². The Morgan fingerprint density at radius 1 is 0.857 bits per heavy atom. The largest absolute Gasteiger partial charge is 0.369 e. The molecule has 4 rings (SSSR count). The number of nitrogens with two attached hydrogens (primary N) is 1. The van der Waals surface area contributed by atoms with Crippen molar-refractivity contribution in [1.82, 2.24) is 9.71 Å². The highest BCUT2D eigenvalue weighted by atomic mass is 35.5. The molecular weight excluding hydrogens is 503 g/mol. The van der Waals surface area contributed by atoms with Gasteiger partial charge in [-0.2, -0.15) is 0 Å². The molecule has 9 heteroatoms. The highest BCUT2D eigenvalue weighted by molar-refractivity contribution is 7.89. The zero-order chi connectivity index (χ0) is 24.8. The summed E-state index contributed by atoms with van der Waals surface area (Å²) in [5.41, 5.74) is 10.8. The number of aromatic nitrogens is 1. The third-order valence-corrected chi connectivity index (χ3v) is 6.85. The summed E-state index contributed by atoms with van der Waals surface area (Å²) >= 11 is 12.1. The molecule has 0 aliphatic carbocycles. The first kappa shape index (κ1) is 24.7. The molecule has 3 N–H and O–H groups in total. The van der Waals surface area contributed by atoms with E-state index in [1.54, 1.807) is 30.5 Å². The molecule has 0 saturated heterocycles. The second-order valence-electron chi connectivity index (χ2n) is 7.80. The molecule has 1 aromatic heterocycles. The van der Waals surface area contributed by atoms with E-state index in [2.05, 4.69) is 14.7 Å². The lowest BCUT2D eigenvalue weighted by atomic mass is 9.98. The summed E-state index contributed by atoms with van der Waals surface area (Å²) < 4.78 is 27.1. The number of aliphatic imine (C=N–C) groups is 1. The van der Waals surface area contributed by atoms with Crippen molar-refractivity contribution in [3.63, 3.8) is 0 Å². The minimum Gasteiger partial charge on any atom is -0.369 e. The average molecular weight is 525 g/mol. The second kappa shape index (κ2) is 10.9. The number of sulfonamides is 1. The number of pyridine rings is 1. The van der Waals surface area contributed by atoms with Gasteiger partial charge < -0.3 is 5.73 Å². The van der Waals surface area contributed by atoms with Crippen LogP contribution < -0.4 is 10.5 Å². The Balaban J connectivity index is 1.58. The van der Waals surface area contributed by atoms with Crippen LogP contribution in [0.3, 0.4) is 0 Å². The van der Waals surface area contributed by atoms with Gasteiger partial charge in [-0.3, -0.25) is 9.71 Å². The van der Waals surface area contributed by atoms with Crippen LogP contribution >= 0.6 is 23.2 Å². The smallest absolute Gasteiger partial charge is 0.239 e. The predicted octanol–water partition coefficient (Wildman–Crippen LogP) is 5.66. The van der Waals surface area contributed by atoms with Crippen LogP contribution in [0.5, 0.6) is 0 Å². The van der Waals surface area contributed by atoms with E-state index in [1.807, 2.05) is 60.7 Å². The Morgan fingerprint density at radius 2 is 1.46 bits per heavy atom. The van der Waals surface area contributed by atoms with E-state index in [4.69, 9.17) is 28.9 Å². The SMILES string of the molecule is NC(=NCc1cnc(-c2ccc(Cl)cc2)c(-c2ccc(Cl)cc2)c1)NS(=O)(=O)Cc1ccccc1. The van der Waals surface area contributed by atoms with Crippen LogP contribution in [-0.4, -0.2) is 19.4 Å². The first-order valence-corrected chi connectivity index (χ1v) is 13.0. The van der Waals surface area contributed by atoms with Crippen molar-refractivity contribution in [2.45, 2.75) is 12.3 Å². The number of hydrogen-bond donors (Lipinski definition) is 2. The highest BCUT2D eigenvalue weighted by Crippen LogP contribution is 2.32. The van der Waals surface area contributed by atoms with Crippen LogP contribution in [0.2, 0.25) is 10.0 Å². The molecule has 4 aromatic rings. The van der Waals surface area contributed by atoms with Gasteiger partial charge in [-0.1, -0.05) is 77.8 Å². The molecule has 0 aliphatic rings. The van der Waals surface area contributed by atoms with E-state index in [0.717, 1.165) is 27.9 Å². The minimum atomic E-state index is -3.68. The average Bonchev–Trinajstić information content (AvgIpc) is 2.84. The Morgan fingerprint density at radius 3 is 2.09 bits per heavy atom. The highest BCUT2D eigenvalue weighted by Gasteiger charge is 2.14. The minimum absolute atomic E-state index is 0.147. The normalized spacial score (nSPS) is 11.9. The van der Waals surface area contributed by atoms with E-state index in [9.17, 15) is 8.42 Å². The lowest BCUT2D eigenvalue weighted by Gasteiger charge is -2.12. The van der Waals surface area contributed by atoms with E-state index < -0.39 is 10.0 Å². The molecule has 0 spiro atoms. The van der Waals surface area contributed by atoms with Crippen LogP contribution in [-0.2, 0) is 22.3 Å². The zero-order valence-corrected chi connectivity index (χ0v) is 20.9. The fraction of sp³-hybridized carbons (Fsp3) is 0.0769. The molecule has 3 aromatic carbocycles. The van der Waals surface area contributed by atoms with E-state index in [1.165, 1.54) is 0 Å². The quantitative estimate of drug-likeness (QED) is 0.241. The Labute approximate surface area is 214 Å². The van der Waals surface area contributed by atoms with Crippen molar-refractivity contribution in [2.24, 2.45) is 10.7 Å². The summed E-state index contributed by atoms with van der Waals surface area (Å²) in [7, 11) is -3.68. The van der Waals surface area contributed by atoms with Crippen LogP contribution in [0.15, 0.2) is 96.1 Å². The molecule has 0 saturated carbocycles. The lowest BCUT2D eigenvalue weighted by Crippen LogP contribution is -2.37. The number of benzene rings is 3. The third kappa shape index (κ3) is 6.82. The van der Waals surface area contributed by atoms with Gasteiger partial charge in [0.05, 0.1) is 18.0 Å². The molecule has 0 radical (unpaired) electrons. The second-order valence-corrected chi connectivity index (χ2v) is 10.4. The number of nitrogens with one attached hydrogen (secondary N) is 1. The first-order valence-electron chi connectivity index (χ1n) is 10.6. The fourth-order valence-electron chi connectivity index (χ4n) is 3.48. The monoisotopic (exact) mass is 524 g/mol. The van der Waals surface area contributed by atoms with Gasteiger partial charge in [0.25, 0.3) is 0 Å². The molecule has 6 nitrogen and oxygen atoms in total. The molecule has 0 atom stereocenters. The summed E-state index contributed by atoms with van der Waals surface area (Å²) in [5, 5.41) is 1.27. The maximum absolute atomic E-state index is 12.4. The number of nitrogens with zero attached hydrogens (tertiary/aromatic N) is 2. The summed E-state index contributed by atoms with van der Waals surface area (Å²) in [4.78, 5) is 8.87. The molecule has 0 unspecified atom stereocenters. The summed E-state index contributed by atoms with van der Waals surface area (Å²) in [6, 6.07) is 25.7. The maximum Gasteiger partial charge on any atom is 0.239 e. The number of guanidine groups is 1. The topological polar surface area (TPSA) is 97.4 Å². The van der Waals surface area contributed by atoms with Crippen molar-refractivity contribution in [3.05, 3.63) is 112 Å². The van der Waals surface area contributed by atoms with Crippen LogP contribution in [0.4, 0.5) is 0 Å². The first-order chi connectivity index (χ1) is 16.8. The van der Waals surface area contributed by atoms with Crippen molar-refractivity contribution >= 4 is 39.2 Å². The molecule has 1 heterocycles. The van der Waals surface area contributed by atoms with Gasteiger partial charge in [0.15, 0.2) is 0 Å². The summed E-state index contributed by atoms with van der Waals surface area (Å²) in [6.45, 7) is 0.147. The Bertz CT molecular complexity index is 1440. The van der Waals surface area contributed by atoms with Gasteiger partial charge >= 0.3 is 0 Å². The molecule has 0 bridgehead atoms.